The lowest BCUT2D eigenvalue weighted by Crippen LogP contribution is -2.06. The van der Waals surface area contributed by atoms with Crippen molar-refractivity contribution in [1.82, 2.24) is 14.8 Å². The number of nitrogens with zero attached hydrogens (tertiary/aromatic N) is 3. The summed E-state index contributed by atoms with van der Waals surface area (Å²) >= 11 is 0. The molecule has 0 spiro atoms. The van der Waals surface area contributed by atoms with Crippen LogP contribution in [-0.4, -0.2) is 26.0 Å². The van der Waals surface area contributed by atoms with E-state index in [9.17, 15) is 4.79 Å². The van der Waals surface area contributed by atoms with Crippen molar-refractivity contribution in [3.05, 3.63) is 48.9 Å². The van der Waals surface area contributed by atoms with E-state index in [2.05, 4.69) is 15.4 Å². The van der Waals surface area contributed by atoms with Crippen LogP contribution in [0.3, 0.4) is 0 Å². The molecular weight excluding hydrogens is 244 g/mol. The van der Waals surface area contributed by atoms with Gasteiger partial charge in [0.25, 0.3) is 0 Å². The summed E-state index contributed by atoms with van der Waals surface area (Å²) in [6.45, 7) is 0. The number of hydrogen-bond acceptors (Lipinski definition) is 3. The summed E-state index contributed by atoms with van der Waals surface area (Å²) < 4.78 is 1.71. The first kappa shape index (κ1) is 11.2. The van der Waals surface area contributed by atoms with Gasteiger partial charge in [0.05, 0.1) is 17.4 Å². The summed E-state index contributed by atoms with van der Waals surface area (Å²) in [7, 11) is 0. The number of aromatic nitrogens is 3. The molecule has 2 N–H and O–H groups in total. The van der Waals surface area contributed by atoms with E-state index in [1.807, 2.05) is 18.3 Å². The summed E-state index contributed by atoms with van der Waals surface area (Å²) in [6.07, 6.45) is 4.16. The van der Waals surface area contributed by atoms with Crippen LogP contribution in [0.5, 0.6) is 0 Å². The van der Waals surface area contributed by atoms with Crippen molar-refractivity contribution in [2.75, 3.05) is 5.32 Å². The van der Waals surface area contributed by atoms with Gasteiger partial charge in [0, 0.05) is 23.5 Å². The number of anilines is 1. The molecule has 0 bridgehead atoms. The summed E-state index contributed by atoms with van der Waals surface area (Å²) in [5.74, 6) is 0. The van der Waals surface area contributed by atoms with E-state index >= 15 is 0 Å². The molecule has 0 aliphatic carbocycles. The fraction of sp³-hybridized carbons (Fsp3) is 0. The van der Waals surface area contributed by atoms with Crippen molar-refractivity contribution < 1.29 is 9.90 Å². The van der Waals surface area contributed by atoms with Gasteiger partial charge in [-0.3, -0.25) is 10.3 Å². The SMILES string of the molecule is O=C(O)Nc1ccc2nn(-c3cccnc3)cc2c1. The molecule has 2 aromatic heterocycles. The Bertz CT molecular complexity index is 737. The molecule has 0 saturated carbocycles. The third kappa shape index (κ3) is 2.23. The highest BCUT2D eigenvalue weighted by atomic mass is 16.4. The zero-order valence-electron chi connectivity index (χ0n) is 9.82. The van der Waals surface area contributed by atoms with Gasteiger partial charge in [-0.25, -0.2) is 9.48 Å². The average Bonchev–Trinajstić information content (AvgIpc) is 2.82. The van der Waals surface area contributed by atoms with Gasteiger partial charge in [-0.15, -0.1) is 0 Å². The molecule has 19 heavy (non-hydrogen) atoms. The Labute approximate surface area is 108 Å². The molecule has 0 saturated heterocycles. The minimum atomic E-state index is -1.08. The number of hydrogen-bond donors (Lipinski definition) is 2. The zero-order chi connectivity index (χ0) is 13.2. The summed E-state index contributed by atoms with van der Waals surface area (Å²) in [4.78, 5) is 14.6. The Kier molecular flexibility index (Phi) is 2.60. The fourth-order valence-corrected chi connectivity index (χ4v) is 1.85. The Balaban J connectivity index is 2.04. The lowest BCUT2D eigenvalue weighted by Gasteiger charge is -1.98. The van der Waals surface area contributed by atoms with Gasteiger partial charge in [-0.1, -0.05) is 0 Å². The van der Waals surface area contributed by atoms with Gasteiger partial charge in [-0.2, -0.15) is 5.10 Å². The lowest BCUT2D eigenvalue weighted by molar-refractivity contribution is 0.210. The molecule has 6 heteroatoms. The number of benzene rings is 1. The Hall–Kier alpha value is -2.89. The third-order valence-electron chi connectivity index (χ3n) is 2.67. The van der Waals surface area contributed by atoms with Gasteiger partial charge in [0.1, 0.15) is 0 Å². The largest absolute Gasteiger partial charge is 0.465 e. The van der Waals surface area contributed by atoms with Crippen LogP contribution < -0.4 is 5.32 Å². The van der Waals surface area contributed by atoms with Gasteiger partial charge in [0.2, 0.25) is 0 Å². The number of carboxylic acid groups (broad SMARTS) is 1. The monoisotopic (exact) mass is 254 g/mol. The molecule has 0 aliphatic rings. The molecule has 3 rings (SSSR count). The molecule has 0 aliphatic heterocycles. The molecule has 1 aromatic carbocycles. The van der Waals surface area contributed by atoms with Crippen molar-refractivity contribution in [2.45, 2.75) is 0 Å². The van der Waals surface area contributed by atoms with Gasteiger partial charge in [-0.05, 0) is 30.3 Å². The molecule has 3 aromatic rings. The third-order valence-corrected chi connectivity index (χ3v) is 2.67. The van der Waals surface area contributed by atoms with E-state index < -0.39 is 6.09 Å². The summed E-state index contributed by atoms with van der Waals surface area (Å²) in [5.41, 5.74) is 2.16. The zero-order valence-corrected chi connectivity index (χ0v) is 9.82. The maximum absolute atomic E-state index is 10.6. The average molecular weight is 254 g/mol. The Morgan fingerprint density at radius 3 is 2.95 bits per heavy atom. The van der Waals surface area contributed by atoms with Crippen molar-refractivity contribution in [3.8, 4) is 5.69 Å². The number of rotatable bonds is 2. The molecule has 0 radical (unpaired) electrons. The van der Waals surface area contributed by atoms with Crippen LogP contribution in [0.2, 0.25) is 0 Å². The second kappa shape index (κ2) is 4.41. The minimum absolute atomic E-state index is 0.519. The van der Waals surface area contributed by atoms with E-state index in [0.717, 1.165) is 16.6 Å². The summed E-state index contributed by atoms with van der Waals surface area (Å²) in [6, 6.07) is 8.92. The quantitative estimate of drug-likeness (QED) is 0.736. The molecular formula is C13H10N4O2. The molecule has 94 valence electrons. The van der Waals surface area contributed by atoms with Crippen molar-refractivity contribution in [1.29, 1.82) is 0 Å². The van der Waals surface area contributed by atoms with Crippen LogP contribution in [-0.2, 0) is 0 Å². The maximum Gasteiger partial charge on any atom is 0.409 e. The number of nitrogens with one attached hydrogen (secondary N) is 1. The van der Waals surface area contributed by atoms with Gasteiger partial charge in [0.15, 0.2) is 0 Å². The first-order chi connectivity index (χ1) is 9.22. The van der Waals surface area contributed by atoms with Crippen LogP contribution in [0.1, 0.15) is 0 Å². The molecule has 0 atom stereocenters. The number of carbonyl (C=O) groups is 1. The van der Waals surface area contributed by atoms with E-state index in [1.165, 1.54) is 0 Å². The molecule has 1 amide bonds. The highest BCUT2D eigenvalue weighted by Crippen LogP contribution is 2.19. The fourth-order valence-electron chi connectivity index (χ4n) is 1.85. The highest BCUT2D eigenvalue weighted by Gasteiger charge is 2.05. The second-order valence-corrected chi connectivity index (χ2v) is 3.99. The van der Waals surface area contributed by atoms with E-state index in [0.29, 0.717) is 5.69 Å². The Morgan fingerprint density at radius 2 is 2.21 bits per heavy atom. The van der Waals surface area contributed by atoms with Crippen LogP contribution in [0, 0.1) is 0 Å². The van der Waals surface area contributed by atoms with Crippen molar-refractivity contribution in [2.24, 2.45) is 0 Å². The first-order valence-corrected chi connectivity index (χ1v) is 5.62. The summed E-state index contributed by atoms with van der Waals surface area (Å²) in [5, 5.41) is 16.3. The molecule has 2 heterocycles. The van der Waals surface area contributed by atoms with E-state index in [1.54, 1.807) is 35.3 Å². The number of fused-ring (bicyclic) bond motifs is 1. The molecule has 0 unspecified atom stereocenters. The van der Waals surface area contributed by atoms with Crippen molar-refractivity contribution in [3.63, 3.8) is 0 Å². The molecule has 6 nitrogen and oxygen atoms in total. The lowest BCUT2D eigenvalue weighted by atomic mass is 10.2. The second-order valence-electron chi connectivity index (χ2n) is 3.99. The highest BCUT2D eigenvalue weighted by molar-refractivity contribution is 5.88. The maximum atomic E-state index is 10.6. The van der Waals surface area contributed by atoms with Crippen molar-refractivity contribution >= 4 is 22.7 Å². The van der Waals surface area contributed by atoms with Crippen LogP contribution >= 0.6 is 0 Å². The number of pyridine rings is 1. The standard InChI is InChI=1S/C13H10N4O2/c18-13(19)15-10-3-4-12-9(6-10)8-17(16-12)11-2-1-5-14-7-11/h1-8,15H,(H,18,19). The van der Waals surface area contributed by atoms with E-state index in [-0.39, 0.29) is 0 Å². The van der Waals surface area contributed by atoms with E-state index in [4.69, 9.17) is 5.11 Å². The smallest absolute Gasteiger partial charge is 0.409 e. The van der Waals surface area contributed by atoms with Gasteiger partial charge < -0.3 is 5.11 Å². The predicted molar refractivity (Wildman–Crippen MR) is 70.5 cm³/mol. The van der Waals surface area contributed by atoms with Gasteiger partial charge >= 0.3 is 6.09 Å². The topological polar surface area (TPSA) is 80.0 Å². The normalized spacial score (nSPS) is 10.5. The van der Waals surface area contributed by atoms with Crippen LogP contribution in [0.4, 0.5) is 10.5 Å². The molecule has 0 fully saturated rings. The van der Waals surface area contributed by atoms with Crippen LogP contribution in [0.25, 0.3) is 16.6 Å². The first-order valence-electron chi connectivity index (χ1n) is 5.62. The minimum Gasteiger partial charge on any atom is -0.465 e. The van der Waals surface area contributed by atoms with Crippen LogP contribution in [0.15, 0.2) is 48.9 Å². The number of amides is 1. The predicted octanol–water partition coefficient (Wildman–Crippen LogP) is 2.51. The Morgan fingerprint density at radius 1 is 1.32 bits per heavy atom.